The zero-order chi connectivity index (χ0) is 32.8. The van der Waals surface area contributed by atoms with Gasteiger partial charge in [-0.05, 0) is 55.0 Å². The number of ether oxygens (including phenoxy) is 2. The smallest absolute Gasteiger partial charge is 0.319 e. The van der Waals surface area contributed by atoms with Crippen molar-refractivity contribution in [2.45, 2.75) is 37.7 Å². The van der Waals surface area contributed by atoms with Gasteiger partial charge in [0.15, 0.2) is 5.75 Å². The monoisotopic (exact) mass is 640 g/mol. The number of amides is 2. The molecule has 3 rings (SSSR count). The van der Waals surface area contributed by atoms with Gasteiger partial charge in [-0.25, -0.2) is 13.2 Å². The highest BCUT2D eigenvalue weighted by molar-refractivity contribution is 7.92. The van der Waals surface area contributed by atoms with E-state index < -0.39 is 21.5 Å². The molecule has 45 heavy (non-hydrogen) atoms. The van der Waals surface area contributed by atoms with Gasteiger partial charge in [0.05, 0.1) is 37.0 Å². The first-order valence-corrected chi connectivity index (χ1v) is 15.5. The number of sulfonamides is 1. The number of hydrogen-bond donors (Lipinski definition) is 6. The maximum absolute atomic E-state index is 13.0. The summed E-state index contributed by atoms with van der Waals surface area (Å²) in [6.07, 6.45) is 1.84. The van der Waals surface area contributed by atoms with Crippen molar-refractivity contribution in [1.82, 2.24) is 5.32 Å². The van der Waals surface area contributed by atoms with E-state index in [0.29, 0.717) is 12.2 Å². The number of phenolic OH excluding ortho intramolecular Hbond substituents is 2. The van der Waals surface area contributed by atoms with Crippen molar-refractivity contribution in [2.24, 2.45) is 10.2 Å². The summed E-state index contributed by atoms with van der Waals surface area (Å²) >= 11 is 0. The molecule has 240 valence electrons. The van der Waals surface area contributed by atoms with Crippen LogP contribution in [-0.4, -0.2) is 63.2 Å². The van der Waals surface area contributed by atoms with Crippen LogP contribution in [0.15, 0.2) is 63.7 Å². The lowest BCUT2D eigenvalue weighted by Crippen LogP contribution is -2.29. The summed E-state index contributed by atoms with van der Waals surface area (Å²) in [6.45, 7) is 2.33. The van der Waals surface area contributed by atoms with Crippen LogP contribution in [0.2, 0.25) is 0 Å². The zero-order valence-corrected chi connectivity index (χ0v) is 25.7. The highest BCUT2D eigenvalue weighted by atomic mass is 32.2. The van der Waals surface area contributed by atoms with Gasteiger partial charge >= 0.3 is 6.03 Å². The number of urea groups is 1. The fraction of sp³-hybridized carbons (Fsp3) is 0.333. The van der Waals surface area contributed by atoms with Gasteiger partial charge in [-0.1, -0.05) is 13.3 Å². The standard InChI is InChI=1S/C30H36N6O8S/c1-3-4-14-32-30(40)33-20-5-7-22(8-6-20)36-45(41,42)23-11-9-21(10-12-23)34-35-27-26(19-43-2)25(18-31)28(38)24(29(27)39)13-16-44-17-15-37/h5-12,36-39H,3-4,13-17,19H2,1-2H3,(H2,32,33,40). The molecule has 0 aliphatic heterocycles. The quantitative estimate of drug-likeness (QED) is 0.0934. The topological polar surface area (TPSA) is 215 Å². The minimum atomic E-state index is -3.97. The van der Waals surface area contributed by atoms with Crippen LogP contribution in [0, 0.1) is 11.3 Å². The fourth-order valence-corrected chi connectivity index (χ4v) is 5.15. The first kappa shape index (κ1) is 34.7. The molecule has 0 aliphatic rings. The van der Waals surface area contributed by atoms with E-state index in [-0.39, 0.29) is 77.5 Å². The highest BCUT2D eigenvalue weighted by Crippen LogP contribution is 2.44. The minimum absolute atomic E-state index is 0.0184. The number of aliphatic hydroxyl groups excluding tert-OH is 1. The average Bonchev–Trinajstić information content (AvgIpc) is 3.02. The fourth-order valence-electron chi connectivity index (χ4n) is 4.09. The van der Waals surface area contributed by atoms with E-state index in [1.807, 2.05) is 13.0 Å². The van der Waals surface area contributed by atoms with E-state index >= 15 is 0 Å². The number of anilines is 2. The van der Waals surface area contributed by atoms with Crippen molar-refractivity contribution in [2.75, 3.05) is 43.5 Å². The van der Waals surface area contributed by atoms with Crippen LogP contribution >= 0.6 is 0 Å². The van der Waals surface area contributed by atoms with Gasteiger partial charge < -0.3 is 35.4 Å². The molecule has 0 fully saturated rings. The lowest BCUT2D eigenvalue weighted by molar-refractivity contribution is 0.0939. The Morgan fingerprint density at radius 3 is 2.29 bits per heavy atom. The van der Waals surface area contributed by atoms with Gasteiger partial charge in [-0.2, -0.15) is 10.4 Å². The summed E-state index contributed by atoms with van der Waals surface area (Å²) < 4.78 is 38.8. The second kappa shape index (κ2) is 16.9. The predicted molar refractivity (Wildman–Crippen MR) is 167 cm³/mol. The molecule has 0 aromatic heterocycles. The van der Waals surface area contributed by atoms with Crippen molar-refractivity contribution < 1.29 is 38.0 Å². The summed E-state index contributed by atoms with van der Waals surface area (Å²) in [5.74, 6) is -0.855. The van der Waals surface area contributed by atoms with Crippen molar-refractivity contribution in [3.63, 3.8) is 0 Å². The molecule has 15 heteroatoms. The maximum Gasteiger partial charge on any atom is 0.319 e. The molecule has 0 radical (unpaired) electrons. The van der Waals surface area contributed by atoms with Gasteiger partial charge in [0, 0.05) is 42.6 Å². The maximum atomic E-state index is 13.0. The van der Waals surface area contributed by atoms with Gasteiger partial charge in [0.1, 0.15) is 23.1 Å². The van der Waals surface area contributed by atoms with Crippen LogP contribution in [0.25, 0.3) is 0 Å². The number of nitrogens with one attached hydrogen (secondary N) is 3. The third-order valence-electron chi connectivity index (χ3n) is 6.38. The lowest BCUT2D eigenvalue weighted by Gasteiger charge is -2.15. The van der Waals surface area contributed by atoms with Gasteiger partial charge in [-0.15, -0.1) is 5.11 Å². The van der Waals surface area contributed by atoms with Crippen molar-refractivity contribution in [3.8, 4) is 17.6 Å². The highest BCUT2D eigenvalue weighted by Gasteiger charge is 2.24. The number of hydrogen-bond acceptors (Lipinski definition) is 11. The van der Waals surface area contributed by atoms with Gasteiger partial charge in [0.25, 0.3) is 10.0 Å². The molecular formula is C30H36N6O8S. The van der Waals surface area contributed by atoms with E-state index in [1.54, 1.807) is 12.1 Å². The molecular weight excluding hydrogens is 604 g/mol. The third-order valence-corrected chi connectivity index (χ3v) is 7.77. The molecule has 6 N–H and O–H groups in total. The molecule has 0 atom stereocenters. The number of phenols is 2. The summed E-state index contributed by atoms with van der Waals surface area (Å²) in [5.41, 5.74) is 0.911. The largest absolute Gasteiger partial charge is 0.506 e. The summed E-state index contributed by atoms with van der Waals surface area (Å²) in [7, 11) is -2.60. The number of aromatic hydroxyl groups is 2. The van der Waals surface area contributed by atoms with E-state index in [2.05, 4.69) is 25.6 Å². The first-order valence-electron chi connectivity index (χ1n) is 14.0. The minimum Gasteiger partial charge on any atom is -0.506 e. The first-order chi connectivity index (χ1) is 21.6. The van der Waals surface area contributed by atoms with E-state index in [1.165, 1.54) is 43.5 Å². The number of carbonyl (C=O) groups is 1. The number of rotatable bonds is 16. The number of nitriles is 1. The number of unbranched alkanes of at least 4 members (excludes halogenated alkanes) is 1. The molecule has 0 aliphatic carbocycles. The molecule has 0 saturated heterocycles. The van der Waals surface area contributed by atoms with Crippen LogP contribution < -0.4 is 15.4 Å². The van der Waals surface area contributed by atoms with E-state index in [0.717, 1.165) is 12.8 Å². The van der Waals surface area contributed by atoms with Crippen LogP contribution in [-0.2, 0) is 32.5 Å². The second-order valence-electron chi connectivity index (χ2n) is 9.62. The van der Waals surface area contributed by atoms with E-state index in [9.17, 15) is 28.7 Å². The van der Waals surface area contributed by atoms with Gasteiger partial charge in [-0.3, -0.25) is 4.72 Å². The Hall–Kier alpha value is -4.75. The van der Waals surface area contributed by atoms with E-state index in [4.69, 9.17) is 14.6 Å². The molecule has 2 amide bonds. The summed E-state index contributed by atoms with van der Waals surface area (Å²) in [6, 6.07) is 13.2. The third kappa shape index (κ3) is 9.62. The molecule has 0 unspecified atom stereocenters. The number of aliphatic hydroxyl groups is 1. The number of carbonyl (C=O) groups excluding carboxylic acids is 1. The summed E-state index contributed by atoms with van der Waals surface area (Å²) in [5, 5.41) is 53.8. The van der Waals surface area contributed by atoms with Crippen molar-refractivity contribution in [1.29, 1.82) is 5.26 Å². The second-order valence-corrected chi connectivity index (χ2v) is 11.3. The Balaban J connectivity index is 1.77. The molecule has 14 nitrogen and oxygen atoms in total. The Labute approximate surface area is 261 Å². The number of azo groups is 1. The number of methoxy groups -OCH3 is 1. The SMILES string of the molecule is CCCCNC(=O)Nc1ccc(NS(=O)(=O)c2ccc(N=Nc3c(O)c(CCOCCO)c(O)c(C#N)c3COC)cc2)cc1. The predicted octanol–water partition coefficient (Wildman–Crippen LogP) is 4.81. The summed E-state index contributed by atoms with van der Waals surface area (Å²) in [4.78, 5) is 11.9. The molecule has 0 bridgehead atoms. The molecule has 3 aromatic carbocycles. The Bertz CT molecular complexity index is 1620. The lowest BCUT2D eigenvalue weighted by atomic mass is 9.98. The molecule has 0 saturated carbocycles. The number of benzene rings is 3. The van der Waals surface area contributed by atoms with Crippen molar-refractivity contribution >= 4 is 38.8 Å². The zero-order valence-electron chi connectivity index (χ0n) is 24.9. The number of nitrogens with zero attached hydrogens (tertiary/aromatic N) is 3. The molecule has 0 spiro atoms. The van der Waals surface area contributed by atoms with Crippen LogP contribution in [0.4, 0.5) is 27.5 Å². The van der Waals surface area contributed by atoms with Crippen LogP contribution in [0.3, 0.4) is 0 Å². The van der Waals surface area contributed by atoms with Crippen LogP contribution in [0.1, 0.15) is 36.5 Å². The normalized spacial score (nSPS) is 11.3. The average molecular weight is 641 g/mol. The van der Waals surface area contributed by atoms with Crippen molar-refractivity contribution in [3.05, 3.63) is 65.2 Å². The Morgan fingerprint density at radius 2 is 1.67 bits per heavy atom. The Kier molecular flexibility index (Phi) is 13.1. The van der Waals surface area contributed by atoms with Gasteiger partial charge in [0.2, 0.25) is 0 Å². The molecule has 3 aromatic rings. The molecule has 0 heterocycles. The van der Waals surface area contributed by atoms with Crippen LogP contribution in [0.5, 0.6) is 11.5 Å². The Morgan fingerprint density at radius 1 is 0.978 bits per heavy atom.